The number of anilines is 1. The van der Waals surface area contributed by atoms with Crippen molar-refractivity contribution in [3.05, 3.63) is 48.5 Å². The highest BCUT2D eigenvalue weighted by Crippen LogP contribution is 2.36. The summed E-state index contributed by atoms with van der Waals surface area (Å²) in [4.78, 5) is 29.7. The third-order valence-electron chi connectivity index (χ3n) is 5.42. The van der Waals surface area contributed by atoms with Crippen LogP contribution in [0.3, 0.4) is 0 Å². The highest BCUT2D eigenvalue weighted by Gasteiger charge is 2.40. The second kappa shape index (κ2) is 7.87. The fourth-order valence-electron chi connectivity index (χ4n) is 3.87. The summed E-state index contributed by atoms with van der Waals surface area (Å²) in [6, 6.07) is 14.5. The molecule has 0 saturated carbocycles. The van der Waals surface area contributed by atoms with E-state index in [0.717, 1.165) is 0 Å². The molecule has 3 heterocycles. The normalized spacial score (nSPS) is 22.7. The highest BCUT2D eigenvalue weighted by atomic mass is 16.6. The summed E-state index contributed by atoms with van der Waals surface area (Å²) >= 11 is 0. The molecule has 0 bridgehead atoms. The number of para-hydroxylation sites is 4. The molecule has 2 atom stereocenters. The van der Waals surface area contributed by atoms with E-state index in [1.165, 1.54) is 0 Å². The zero-order chi connectivity index (χ0) is 20.5. The average molecular weight is 410 g/mol. The van der Waals surface area contributed by atoms with Gasteiger partial charge in [-0.2, -0.15) is 0 Å². The average Bonchev–Trinajstić information content (AvgIpc) is 2.82. The Hall–Kier alpha value is -3.26. The Morgan fingerprint density at radius 3 is 2.27 bits per heavy atom. The van der Waals surface area contributed by atoms with Crippen LogP contribution >= 0.6 is 0 Å². The molecule has 5 rings (SSSR count). The van der Waals surface area contributed by atoms with Gasteiger partial charge in [0.25, 0.3) is 11.8 Å². The summed E-state index contributed by atoms with van der Waals surface area (Å²) in [7, 11) is 0. The Bertz CT molecular complexity index is 958. The molecule has 3 aliphatic rings. The van der Waals surface area contributed by atoms with Crippen molar-refractivity contribution in [1.29, 1.82) is 0 Å². The van der Waals surface area contributed by atoms with Gasteiger partial charge in [0.05, 0.1) is 25.4 Å². The van der Waals surface area contributed by atoms with E-state index >= 15 is 0 Å². The van der Waals surface area contributed by atoms with E-state index in [1.807, 2.05) is 24.3 Å². The van der Waals surface area contributed by atoms with Crippen molar-refractivity contribution in [3.63, 3.8) is 0 Å². The Morgan fingerprint density at radius 1 is 0.800 bits per heavy atom. The highest BCUT2D eigenvalue weighted by molar-refractivity contribution is 6.00. The van der Waals surface area contributed by atoms with Crippen molar-refractivity contribution in [2.75, 3.05) is 44.4 Å². The number of morpholine rings is 1. The maximum atomic E-state index is 13.4. The van der Waals surface area contributed by atoms with Crippen LogP contribution in [0.5, 0.6) is 17.2 Å². The van der Waals surface area contributed by atoms with Crippen LogP contribution in [-0.4, -0.2) is 68.4 Å². The van der Waals surface area contributed by atoms with Gasteiger partial charge in [-0.3, -0.25) is 9.59 Å². The van der Waals surface area contributed by atoms with Crippen LogP contribution in [0.15, 0.2) is 48.5 Å². The van der Waals surface area contributed by atoms with Crippen molar-refractivity contribution in [3.8, 4) is 17.2 Å². The molecule has 1 saturated heterocycles. The number of amides is 2. The fourth-order valence-corrected chi connectivity index (χ4v) is 3.87. The van der Waals surface area contributed by atoms with Crippen molar-refractivity contribution >= 4 is 17.5 Å². The molecule has 2 aromatic rings. The van der Waals surface area contributed by atoms with Crippen LogP contribution in [0.1, 0.15) is 0 Å². The SMILES string of the molecule is O=C([C@H]1CN(C(=O)[C@@H]2COc3ccccc3O2)c2ccccc2O1)N1CCOCC1. The van der Waals surface area contributed by atoms with Gasteiger partial charge in [0, 0.05) is 13.1 Å². The molecular weight excluding hydrogens is 388 g/mol. The second-order valence-corrected chi connectivity index (χ2v) is 7.32. The molecule has 30 heavy (non-hydrogen) atoms. The van der Waals surface area contributed by atoms with E-state index in [2.05, 4.69) is 0 Å². The first-order valence-electron chi connectivity index (χ1n) is 10.0. The lowest BCUT2D eigenvalue weighted by Crippen LogP contribution is -2.56. The molecule has 0 radical (unpaired) electrons. The Balaban J connectivity index is 1.39. The maximum absolute atomic E-state index is 13.4. The summed E-state index contributed by atoms with van der Waals surface area (Å²) in [5.41, 5.74) is 0.621. The van der Waals surface area contributed by atoms with E-state index in [-0.39, 0.29) is 25.0 Å². The molecule has 2 aromatic carbocycles. The van der Waals surface area contributed by atoms with Gasteiger partial charge in [-0.1, -0.05) is 24.3 Å². The number of carbonyl (C=O) groups excluding carboxylic acids is 2. The van der Waals surface area contributed by atoms with Gasteiger partial charge in [0.1, 0.15) is 12.4 Å². The number of nitrogens with zero attached hydrogens (tertiary/aromatic N) is 2. The summed E-state index contributed by atoms with van der Waals surface area (Å²) in [6.45, 7) is 2.27. The summed E-state index contributed by atoms with van der Waals surface area (Å²) in [6.07, 6.45) is -1.58. The van der Waals surface area contributed by atoms with Crippen molar-refractivity contribution in [2.45, 2.75) is 12.2 Å². The fraction of sp³-hybridized carbons (Fsp3) is 0.364. The van der Waals surface area contributed by atoms with Crippen LogP contribution < -0.4 is 19.1 Å². The van der Waals surface area contributed by atoms with E-state index in [0.29, 0.717) is 49.2 Å². The lowest BCUT2D eigenvalue weighted by atomic mass is 10.1. The largest absolute Gasteiger partial charge is 0.485 e. The van der Waals surface area contributed by atoms with Gasteiger partial charge in [0.15, 0.2) is 17.6 Å². The minimum absolute atomic E-state index is 0.109. The number of benzene rings is 2. The zero-order valence-corrected chi connectivity index (χ0v) is 16.4. The molecule has 8 nitrogen and oxygen atoms in total. The number of carbonyl (C=O) groups is 2. The van der Waals surface area contributed by atoms with Gasteiger partial charge in [-0.05, 0) is 24.3 Å². The van der Waals surface area contributed by atoms with Crippen LogP contribution in [0.2, 0.25) is 0 Å². The summed E-state index contributed by atoms with van der Waals surface area (Å²) in [5, 5.41) is 0. The Labute approximate surface area is 173 Å². The van der Waals surface area contributed by atoms with E-state index in [9.17, 15) is 9.59 Å². The first-order chi connectivity index (χ1) is 14.7. The standard InChI is InChI=1S/C22H22N2O6/c25-21(23-9-11-27-12-10-23)19-13-24(15-5-1-2-6-16(15)29-19)22(26)20-14-28-17-7-3-4-8-18(17)30-20/h1-8,19-20H,9-14H2/t19-,20+/m1/s1. The van der Waals surface area contributed by atoms with Crippen LogP contribution in [0, 0.1) is 0 Å². The maximum Gasteiger partial charge on any atom is 0.271 e. The molecule has 0 unspecified atom stereocenters. The van der Waals surface area contributed by atoms with Crippen molar-refractivity contribution in [1.82, 2.24) is 4.90 Å². The minimum atomic E-state index is -0.801. The molecule has 1 fully saturated rings. The number of ether oxygens (including phenoxy) is 4. The molecule has 0 spiro atoms. The van der Waals surface area contributed by atoms with Crippen LogP contribution in [0.4, 0.5) is 5.69 Å². The van der Waals surface area contributed by atoms with Crippen LogP contribution in [0.25, 0.3) is 0 Å². The third-order valence-corrected chi connectivity index (χ3v) is 5.42. The Kier molecular flexibility index (Phi) is 4.92. The summed E-state index contributed by atoms with van der Waals surface area (Å²) < 4.78 is 22.9. The molecular formula is C22H22N2O6. The first kappa shape index (κ1) is 18.7. The predicted molar refractivity (Wildman–Crippen MR) is 107 cm³/mol. The molecule has 0 N–H and O–H groups in total. The number of hydrogen-bond acceptors (Lipinski definition) is 6. The lowest BCUT2D eigenvalue weighted by Gasteiger charge is -2.38. The smallest absolute Gasteiger partial charge is 0.271 e. The predicted octanol–water partition coefficient (Wildman–Crippen LogP) is 1.48. The first-order valence-corrected chi connectivity index (χ1v) is 10.0. The Morgan fingerprint density at radius 2 is 1.47 bits per heavy atom. The number of fused-ring (bicyclic) bond motifs is 2. The molecule has 0 aromatic heterocycles. The van der Waals surface area contributed by atoms with Crippen LogP contribution in [-0.2, 0) is 14.3 Å². The number of hydrogen-bond donors (Lipinski definition) is 0. The van der Waals surface area contributed by atoms with Crippen molar-refractivity contribution < 1.29 is 28.5 Å². The molecule has 0 aliphatic carbocycles. The quantitative estimate of drug-likeness (QED) is 0.747. The number of rotatable bonds is 2. The molecule has 2 amide bonds. The van der Waals surface area contributed by atoms with Gasteiger partial charge in [-0.25, -0.2) is 0 Å². The minimum Gasteiger partial charge on any atom is -0.485 e. The molecule has 8 heteroatoms. The third kappa shape index (κ3) is 3.43. The zero-order valence-electron chi connectivity index (χ0n) is 16.4. The molecule has 3 aliphatic heterocycles. The van der Waals surface area contributed by atoms with Gasteiger partial charge in [0.2, 0.25) is 6.10 Å². The lowest BCUT2D eigenvalue weighted by molar-refractivity contribution is -0.143. The van der Waals surface area contributed by atoms with Gasteiger partial charge in [-0.15, -0.1) is 0 Å². The van der Waals surface area contributed by atoms with Gasteiger partial charge < -0.3 is 28.7 Å². The molecule has 156 valence electrons. The van der Waals surface area contributed by atoms with E-state index < -0.39 is 12.2 Å². The van der Waals surface area contributed by atoms with E-state index in [4.69, 9.17) is 18.9 Å². The monoisotopic (exact) mass is 410 g/mol. The van der Waals surface area contributed by atoms with E-state index in [1.54, 1.807) is 34.1 Å². The summed E-state index contributed by atoms with van der Waals surface area (Å²) in [5.74, 6) is 1.24. The second-order valence-electron chi connectivity index (χ2n) is 7.32. The van der Waals surface area contributed by atoms with Crippen molar-refractivity contribution in [2.24, 2.45) is 0 Å². The van der Waals surface area contributed by atoms with Gasteiger partial charge >= 0.3 is 0 Å². The topological polar surface area (TPSA) is 77.5 Å².